The molecular formula is C8H18N2O2. The van der Waals surface area contributed by atoms with E-state index in [1.54, 1.807) is 0 Å². The number of hydrogen-bond donors (Lipinski definition) is 3. The van der Waals surface area contributed by atoms with Crippen LogP contribution in [0.4, 0.5) is 0 Å². The SMILES string of the molecule is CCCCNCC(N)CC(=O)O. The van der Waals surface area contributed by atoms with Gasteiger partial charge in [-0.05, 0) is 13.0 Å². The van der Waals surface area contributed by atoms with Crippen LogP contribution in [0.2, 0.25) is 0 Å². The molecule has 72 valence electrons. The normalized spacial score (nSPS) is 12.8. The number of unbranched alkanes of at least 4 members (excludes halogenated alkanes) is 1. The van der Waals surface area contributed by atoms with Gasteiger partial charge in [0.05, 0.1) is 6.42 Å². The third-order valence-corrected chi connectivity index (χ3v) is 1.55. The molecule has 0 radical (unpaired) electrons. The van der Waals surface area contributed by atoms with Gasteiger partial charge in [0.25, 0.3) is 0 Å². The first-order valence-corrected chi connectivity index (χ1v) is 4.35. The average molecular weight is 174 g/mol. The molecule has 0 aromatic rings. The number of hydrogen-bond acceptors (Lipinski definition) is 3. The van der Waals surface area contributed by atoms with Gasteiger partial charge in [-0.1, -0.05) is 13.3 Å². The lowest BCUT2D eigenvalue weighted by Crippen LogP contribution is -2.35. The van der Waals surface area contributed by atoms with E-state index < -0.39 is 5.97 Å². The summed E-state index contributed by atoms with van der Waals surface area (Å²) in [6.45, 7) is 3.62. The lowest BCUT2D eigenvalue weighted by molar-refractivity contribution is -0.137. The highest BCUT2D eigenvalue weighted by Crippen LogP contribution is 1.87. The maximum absolute atomic E-state index is 10.2. The molecule has 0 amide bonds. The monoisotopic (exact) mass is 174 g/mol. The Labute approximate surface area is 73.1 Å². The molecule has 0 saturated heterocycles. The smallest absolute Gasteiger partial charge is 0.304 e. The number of nitrogens with two attached hydrogens (primary N) is 1. The summed E-state index contributed by atoms with van der Waals surface area (Å²) in [5.41, 5.74) is 5.51. The number of carboxylic acids is 1. The molecule has 0 aliphatic carbocycles. The van der Waals surface area contributed by atoms with Crippen molar-refractivity contribution in [3.8, 4) is 0 Å². The van der Waals surface area contributed by atoms with Crippen molar-refractivity contribution in [1.29, 1.82) is 0 Å². The number of rotatable bonds is 7. The first-order chi connectivity index (χ1) is 5.66. The number of carboxylic acid groups (broad SMARTS) is 1. The fourth-order valence-corrected chi connectivity index (χ4v) is 0.886. The third kappa shape index (κ3) is 7.50. The van der Waals surface area contributed by atoms with Crippen molar-refractivity contribution in [2.45, 2.75) is 32.2 Å². The van der Waals surface area contributed by atoms with Crippen LogP contribution in [0.5, 0.6) is 0 Å². The summed E-state index contributed by atoms with van der Waals surface area (Å²) in [4.78, 5) is 10.2. The van der Waals surface area contributed by atoms with Crippen LogP contribution < -0.4 is 11.1 Å². The molecule has 0 aromatic carbocycles. The molecule has 12 heavy (non-hydrogen) atoms. The van der Waals surface area contributed by atoms with E-state index in [0.717, 1.165) is 19.4 Å². The minimum Gasteiger partial charge on any atom is -0.481 e. The van der Waals surface area contributed by atoms with Gasteiger partial charge in [-0.3, -0.25) is 4.79 Å². The molecule has 0 aliphatic heterocycles. The van der Waals surface area contributed by atoms with E-state index >= 15 is 0 Å². The molecule has 0 aromatic heterocycles. The van der Waals surface area contributed by atoms with Crippen molar-refractivity contribution in [2.75, 3.05) is 13.1 Å². The summed E-state index contributed by atoms with van der Waals surface area (Å²) in [5.74, 6) is -0.834. The van der Waals surface area contributed by atoms with Crippen molar-refractivity contribution in [1.82, 2.24) is 5.32 Å². The van der Waals surface area contributed by atoms with E-state index in [1.807, 2.05) is 0 Å². The molecule has 0 spiro atoms. The van der Waals surface area contributed by atoms with Crippen LogP contribution in [0, 0.1) is 0 Å². The van der Waals surface area contributed by atoms with Crippen LogP contribution in [0.1, 0.15) is 26.2 Å². The summed E-state index contributed by atoms with van der Waals surface area (Å²) >= 11 is 0. The third-order valence-electron chi connectivity index (χ3n) is 1.55. The Hall–Kier alpha value is -0.610. The Bertz CT molecular complexity index is 128. The van der Waals surface area contributed by atoms with Crippen molar-refractivity contribution in [3.05, 3.63) is 0 Å². The van der Waals surface area contributed by atoms with Crippen LogP contribution in [-0.4, -0.2) is 30.2 Å². The zero-order valence-corrected chi connectivity index (χ0v) is 7.55. The van der Waals surface area contributed by atoms with E-state index in [9.17, 15) is 4.79 Å². The zero-order chi connectivity index (χ0) is 9.40. The van der Waals surface area contributed by atoms with Gasteiger partial charge < -0.3 is 16.2 Å². The van der Waals surface area contributed by atoms with E-state index in [4.69, 9.17) is 10.8 Å². The first-order valence-electron chi connectivity index (χ1n) is 4.35. The van der Waals surface area contributed by atoms with Crippen molar-refractivity contribution in [3.63, 3.8) is 0 Å². The second-order valence-corrected chi connectivity index (χ2v) is 2.92. The van der Waals surface area contributed by atoms with Crippen molar-refractivity contribution in [2.24, 2.45) is 5.73 Å². The summed E-state index contributed by atoms with van der Waals surface area (Å²) in [6, 6.07) is -0.264. The highest BCUT2D eigenvalue weighted by atomic mass is 16.4. The minimum absolute atomic E-state index is 0.0408. The predicted octanol–water partition coefficient (Wildman–Crippen LogP) is 0.178. The molecule has 0 heterocycles. The quantitative estimate of drug-likeness (QED) is 0.481. The number of nitrogens with one attached hydrogen (secondary N) is 1. The Balaban J connectivity index is 3.19. The predicted molar refractivity (Wildman–Crippen MR) is 48.0 cm³/mol. The maximum Gasteiger partial charge on any atom is 0.304 e. The molecule has 1 atom stereocenters. The van der Waals surface area contributed by atoms with Gasteiger partial charge in [0.1, 0.15) is 0 Å². The Morgan fingerprint density at radius 3 is 2.83 bits per heavy atom. The fourth-order valence-electron chi connectivity index (χ4n) is 0.886. The Morgan fingerprint density at radius 2 is 2.33 bits per heavy atom. The van der Waals surface area contributed by atoms with Crippen LogP contribution in [0.15, 0.2) is 0 Å². The molecule has 0 saturated carbocycles. The first kappa shape index (κ1) is 11.4. The summed E-state index contributed by atoms with van der Waals surface area (Å²) < 4.78 is 0. The van der Waals surface area contributed by atoms with E-state index in [2.05, 4.69) is 12.2 Å². The van der Waals surface area contributed by atoms with E-state index in [0.29, 0.717) is 6.54 Å². The van der Waals surface area contributed by atoms with Crippen LogP contribution >= 0.6 is 0 Å². The maximum atomic E-state index is 10.2. The molecular weight excluding hydrogens is 156 g/mol. The molecule has 0 aliphatic rings. The van der Waals surface area contributed by atoms with Gasteiger partial charge >= 0.3 is 5.97 Å². The minimum atomic E-state index is -0.834. The lowest BCUT2D eigenvalue weighted by Gasteiger charge is -2.09. The molecule has 0 bridgehead atoms. The molecule has 0 fully saturated rings. The van der Waals surface area contributed by atoms with Gasteiger partial charge in [-0.25, -0.2) is 0 Å². The van der Waals surface area contributed by atoms with Gasteiger partial charge in [-0.2, -0.15) is 0 Å². The zero-order valence-electron chi connectivity index (χ0n) is 7.55. The highest BCUT2D eigenvalue weighted by molar-refractivity contribution is 5.67. The van der Waals surface area contributed by atoms with Gasteiger partial charge in [0.2, 0.25) is 0 Å². The fraction of sp³-hybridized carbons (Fsp3) is 0.875. The summed E-state index contributed by atoms with van der Waals surface area (Å²) in [6.07, 6.45) is 2.29. The average Bonchev–Trinajstić information content (AvgIpc) is 1.97. The van der Waals surface area contributed by atoms with Gasteiger partial charge in [0, 0.05) is 12.6 Å². The lowest BCUT2D eigenvalue weighted by atomic mass is 10.2. The molecule has 4 N–H and O–H groups in total. The highest BCUT2D eigenvalue weighted by Gasteiger charge is 2.06. The van der Waals surface area contributed by atoms with Gasteiger partial charge in [-0.15, -0.1) is 0 Å². The molecule has 4 nitrogen and oxygen atoms in total. The van der Waals surface area contributed by atoms with Crippen LogP contribution in [0.3, 0.4) is 0 Å². The van der Waals surface area contributed by atoms with Crippen LogP contribution in [0.25, 0.3) is 0 Å². The molecule has 1 unspecified atom stereocenters. The second kappa shape index (κ2) is 7.06. The van der Waals surface area contributed by atoms with Crippen molar-refractivity contribution >= 4 is 5.97 Å². The Kier molecular flexibility index (Phi) is 6.70. The van der Waals surface area contributed by atoms with Crippen LogP contribution in [-0.2, 0) is 4.79 Å². The number of carbonyl (C=O) groups is 1. The topological polar surface area (TPSA) is 75.3 Å². The number of aliphatic carboxylic acids is 1. The molecule has 4 heteroatoms. The van der Waals surface area contributed by atoms with Gasteiger partial charge in [0.15, 0.2) is 0 Å². The van der Waals surface area contributed by atoms with E-state index in [1.165, 1.54) is 0 Å². The summed E-state index contributed by atoms with van der Waals surface area (Å²) in [5, 5.41) is 11.5. The standard InChI is InChI=1S/C8H18N2O2/c1-2-3-4-10-6-7(9)5-8(11)12/h7,10H,2-6,9H2,1H3,(H,11,12). The second-order valence-electron chi connectivity index (χ2n) is 2.92. The summed E-state index contributed by atoms with van der Waals surface area (Å²) in [7, 11) is 0. The molecule has 0 rings (SSSR count). The largest absolute Gasteiger partial charge is 0.481 e. The Morgan fingerprint density at radius 1 is 1.67 bits per heavy atom. The van der Waals surface area contributed by atoms with Crippen molar-refractivity contribution < 1.29 is 9.90 Å². The van der Waals surface area contributed by atoms with E-state index in [-0.39, 0.29) is 12.5 Å².